The van der Waals surface area contributed by atoms with Crippen molar-refractivity contribution in [2.45, 2.75) is 257 Å². The van der Waals surface area contributed by atoms with Crippen LogP contribution in [-0.4, -0.2) is 82.3 Å². The van der Waals surface area contributed by atoms with Crippen LogP contribution in [-0.2, 0) is 33.3 Å². The van der Waals surface area contributed by atoms with Crippen molar-refractivity contribution >= 4 is 17.9 Å². The molecule has 0 heterocycles. The highest BCUT2D eigenvalue weighted by Crippen LogP contribution is 2.16. The van der Waals surface area contributed by atoms with E-state index in [-0.39, 0.29) is 32.2 Å². The Morgan fingerprint density at radius 2 is 0.836 bits per heavy atom. The van der Waals surface area contributed by atoms with Crippen molar-refractivity contribution in [2.75, 3.05) is 47.5 Å². The highest BCUT2D eigenvalue weighted by atomic mass is 16.7. The highest BCUT2D eigenvalue weighted by Gasteiger charge is 2.22. The molecule has 61 heavy (non-hydrogen) atoms. The lowest BCUT2D eigenvalue weighted by Gasteiger charge is -2.26. The van der Waals surface area contributed by atoms with Crippen molar-refractivity contribution in [1.29, 1.82) is 0 Å². The van der Waals surface area contributed by atoms with Gasteiger partial charge in [0.2, 0.25) is 0 Å². The molecule has 0 aromatic heterocycles. The number of nitrogens with zero attached hydrogens (tertiary/aromatic N) is 1. The van der Waals surface area contributed by atoms with Crippen LogP contribution in [0.1, 0.15) is 245 Å². The number of likely N-dealkylation sites (N-methyl/N-ethyl adjacent to an activating group) is 1. The molecule has 0 aromatic carbocycles. The molecule has 9 nitrogen and oxygen atoms in total. The first kappa shape index (κ1) is 59.0. The molecular weight excluding hydrogens is 767 g/mol. The molecule has 0 saturated carbocycles. The molecule has 0 rings (SSSR count). The monoisotopic (exact) mass is 866 g/mol. The zero-order valence-electron chi connectivity index (χ0n) is 40.8. The molecule has 0 fully saturated rings. The largest absolute Gasteiger partial charge is 0.545 e. The average Bonchev–Trinajstić information content (AvgIpc) is 3.22. The number of unbranched alkanes of at least 4 members (excludes halogenated alkanes) is 31. The molecule has 0 aliphatic rings. The van der Waals surface area contributed by atoms with Gasteiger partial charge >= 0.3 is 11.9 Å². The molecule has 0 aliphatic heterocycles. The standard InChI is InChI=1S/C52H99NO8/c1-6-8-10-12-14-16-17-18-19-20-21-22-23-24-25-26-27-28-29-30-31-32-33-35-37-39-41-43-50(55)61-48(47-60-52(51(56)57)58-45-44-53(3,4)5)46-59-49(54)42-40-38-36-34-15-13-11-9-7-2/h20-21,48,52H,6-19,22-47H2,1-5H3/b21-20-. The maximum absolute atomic E-state index is 12.8. The summed E-state index contributed by atoms with van der Waals surface area (Å²) in [6.07, 6.45) is 45.6. The number of quaternary nitrogens is 1. The molecule has 0 N–H and O–H groups in total. The van der Waals surface area contributed by atoms with Crippen molar-refractivity contribution in [2.24, 2.45) is 0 Å². The van der Waals surface area contributed by atoms with E-state index in [9.17, 15) is 19.5 Å². The number of hydrogen-bond donors (Lipinski definition) is 0. The zero-order chi connectivity index (χ0) is 44.9. The predicted octanol–water partition coefficient (Wildman–Crippen LogP) is 12.9. The van der Waals surface area contributed by atoms with Crippen molar-refractivity contribution in [3.63, 3.8) is 0 Å². The van der Waals surface area contributed by atoms with Gasteiger partial charge in [-0.2, -0.15) is 0 Å². The maximum atomic E-state index is 12.8. The minimum Gasteiger partial charge on any atom is -0.545 e. The lowest BCUT2D eigenvalue weighted by atomic mass is 10.0. The molecule has 0 amide bonds. The van der Waals surface area contributed by atoms with Gasteiger partial charge < -0.3 is 33.3 Å². The Hall–Kier alpha value is -1.97. The Kier molecular flexibility index (Phi) is 43.2. The van der Waals surface area contributed by atoms with E-state index in [1.54, 1.807) is 0 Å². The van der Waals surface area contributed by atoms with E-state index in [0.29, 0.717) is 17.4 Å². The second-order valence-corrected chi connectivity index (χ2v) is 18.8. The third kappa shape index (κ3) is 45.9. The summed E-state index contributed by atoms with van der Waals surface area (Å²) in [5.74, 6) is -2.27. The Bertz CT molecular complexity index is 1010. The first-order valence-corrected chi connectivity index (χ1v) is 25.8. The molecular formula is C52H99NO8. The molecule has 0 radical (unpaired) electrons. The number of ether oxygens (including phenoxy) is 4. The minimum absolute atomic E-state index is 0.151. The van der Waals surface area contributed by atoms with Crippen LogP contribution in [0.5, 0.6) is 0 Å². The van der Waals surface area contributed by atoms with Crippen molar-refractivity contribution in [3.05, 3.63) is 12.2 Å². The van der Waals surface area contributed by atoms with Gasteiger partial charge in [-0.05, 0) is 38.5 Å². The van der Waals surface area contributed by atoms with Crippen LogP contribution in [0.2, 0.25) is 0 Å². The summed E-state index contributed by atoms with van der Waals surface area (Å²) in [5, 5.41) is 11.7. The summed E-state index contributed by atoms with van der Waals surface area (Å²) in [4.78, 5) is 37.0. The number of aliphatic carboxylic acids is 1. The van der Waals surface area contributed by atoms with E-state index in [4.69, 9.17) is 18.9 Å². The summed E-state index contributed by atoms with van der Waals surface area (Å²) in [6.45, 7) is 4.75. The van der Waals surface area contributed by atoms with E-state index in [0.717, 1.165) is 38.5 Å². The number of esters is 2. The number of allylic oxidation sites excluding steroid dienone is 2. The van der Waals surface area contributed by atoms with Gasteiger partial charge in [0.1, 0.15) is 13.2 Å². The first-order valence-electron chi connectivity index (χ1n) is 25.8. The van der Waals surface area contributed by atoms with Crippen LogP contribution in [0.3, 0.4) is 0 Å². The summed E-state index contributed by atoms with van der Waals surface area (Å²) >= 11 is 0. The molecule has 0 spiro atoms. The van der Waals surface area contributed by atoms with Gasteiger partial charge in [0.05, 0.1) is 40.3 Å². The third-order valence-corrected chi connectivity index (χ3v) is 11.5. The Morgan fingerprint density at radius 3 is 1.21 bits per heavy atom. The molecule has 2 atom stereocenters. The lowest BCUT2D eigenvalue weighted by molar-refractivity contribution is -0.870. The fraction of sp³-hybridized carbons (Fsp3) is 0.904. The van der Waals surface area contributed by atoms with Gasteiger partial charge in [0.15, 0.2) is 12.4 Å². The topological polar surface area (TPSA) is 111 Å². The fourth-order valence-corrected chi connectivity index (χ4v) is 7.47. The maximum Gasteiger partial charge on any atom is 0.306 e. The van der Waals surface area contributed by atoms with Crippen LogP contribution in [0.25, 0.3) is 0 Å². The zero-order valence-corrected chi connectivity index (χ0v) is 40.8. The quantitative estimate of drug-likeness (QED) is 0.0195. The number of rotatable bonds is 48. The normalized spacial score (nSPS) is 12.9. The molecule has 0 saturated heterocycles. The van der Waals surface area contributed by atoms with Crippen LogP contribution in [0, 0.1) is 0 Å². The molecule has 360 valence electrons. The highest BCUT2D eigenvalue weighted by molar-refractivity contribution is 5.70. The number of carbonyl (C=O) groups is 3. The molecule has 0 aliphatic carbocycles. The molecule has 2 unspecified atom stereocenters. The van der Waals surface area contributed by atoms with Gasteiger partial charge in [-0.1, -0.05) is 206 Å². The second-order valence-electron chi connectivity index (χ2n) is 18.8. The van der Waals surface area contributed by atoms with Gasteiger partial charge in [-0.25, -0.2) is 0 Å². The molecule has 0 bridgehead atoms. The van der Waals surface area contributed by atoms with Crippen LogP contribution in [0.4, 0.5) is 0 Å². The van der Waals surface area contributed by atoms with Gasteiger partial charge in [-0.15, -0.1) is 0 Å². The van der Waals surface area contributed by atoms with E-state index in [1.807, 2.05) is 21.1 Å². The van der Waals surface area contributed by atoms with Crippen molar-refractivity contribution in [1.82, 2.24) is 0 Å². The van der Waals surface area contributed by atoms with Crippen LogP contribution >= 0.6 is 0 Å². The summed E-state index contributed by atoms with van der Waals surface area (Å²) in [7, 11) is 5.92. The number of carboxylic acid groups (broad SMARTS) is 1. The van der Waals surface area contributed by atoms with E-state index >= 15 is 0 Å². The molecule has 0 aromatic rings. The SMILES string of the molecule is CCCCCCCCCC/C=C\CCCCCCCCCCCCCCCCCC(=O)OC(COC(=O)CCCCCCCCCCC)COC(OCC[N+](C)(C)C)C(=O)[O-]. The van der Waals surface area contributed by atoms with Crippen molar-refractivity contribution in [3.8, 4) is 0 Å². The number of hydrogen-bond acceptors (Lipinski definition) is 8. The van der Waals surface area contributed by atoms with Gasteiger partial charge in [0.25, 0.3) is 0 Å². The Labute approximate surface area is 376 Å². The van der Waals surface area contributed by atoms with Gasteiger partial charge in [0, 0.05) is 12.8 Å². The smallest absolute Gasteiger partial charge is 0.306 e. The summed E-state index contributed by atoms with van der Waals surface area (Å²) in [5.41, 5.74) is 0. The first-order chi connectivity index (χ1) is 29.6. The molecule has 9 heteroatoms. The summed E-state index contributed by atoms with van der Waals surface area (Å²) in [6, 6.07) is 0. The third-order valence-electron chi connectivity index (χ3n) is 11.5. The number of carbonyl (C=O) groups excluding carboxylic acids is 3. The Morgan fingerprint density at radius 1 is 0.475 bits per heavy atom. The van der Waals surface area contributed by atoms with Crippen molar-refractivity contribution < 1.29 is 42.9 Å². The van der Waals surface area contributed by atoms with Crippen LogP contribution in [0.15, 0.2) is 12.2 Å². The van der Waals surface area contributed by atoms with Gasteiger partial charge in [-0.3, -0.25) is 9.59 Å². The minimum atomic E-state index is -1.61. The second kappa shape index (κ2) is 44.6. The van der Waals surface area contributed by atoms with E-state index in [2.05, 4.69) is 26.0 Å². The average molecular weight is 866 g/mol. The fourth-order valence-electron chi connectivity index (χ4n) is 7.47. The van der Waals surface area contributed by atoms with E-state index < -0.39 is 24.3 Å². The number of carboxylic acids is 1. The van der Waals surface area contributed by atoms with Crippen LogP contribution < -0.4 is 5.11 Å². The Balaban J connectivity index is 4.11. The summed E-state index contributed by atoms with van der Waals surface area (Å²) < 4.78 is 22.6. The lowest BCUT2D eigenvalue weighted by Crippen LogP contribution is -2.44. The predicted molar refractivity (Wildman–Crippen MR) is 251 cm³/mol. The van der Waals surface area contributed by atoms with E-state index in [1.165, 1.54) is 180 Å².